The topological polar surface area (TPSA) is 29.5 Å². The first-order valence-electron chi connectivity index (χ1n) is 5.67. The van der Waals surface area contributed by atoms with Gasteiger partial charge in [-0.25, -0.2) is 4.39 Å². The number of methoxy groups -OCH3 is 1. The summed E-state index contributed by atoms with van der Waals surface area (Å²) in [6, 6.07) is 4.19. The van der Waals surface area contributed by atoms with Gasteiger partial charge in [-0.3, -0.25) is 0 Å². The Morgan fingerprint density at radius 2 is 2.12 bits per heavy atom. The minimum Gasteiger partial charge on any atom is -0.393 e. The van der Waals surface area contributed by atoms with Crippen molar-refractivity contribution in [3.63, 3.8) is 0 Å². The number of aliphatic hydroxyl groups excluding tert-OH is 1. The molecule has 2 unspecified atom stereocenters. The van der Waals surface area contributed by atoms with Crippen molar-refractivity contribution in [1.82, 2.24) is 0 Å². The van der Waals surface area contributed by atoms with Gasteiger partial charge in [0.1, 0.15) is 5.82 Å². The van der Waals surface area contributed by atoms with E-state index in [1.165, 1.54) is 18.2 Å². The molecule has 4 heteroatoms. The van der Waals surface area contributed by atoms with Crippen LogP contribution in [0.4, 0.5) is 4.39 Å². The monoisotopic (exact) mass is 260 g/mol. The molecule has 0 aliphatic heterocycles. The molecule has 0 spiro atoms. The summed E-state index contributed by atoms with van der Waals surface area (Å²) in [5.74, 6) is -0.332. The van der Waals surface area contributed by atoms with Crippen LogP contribution in [-0.2, 0) is 11.2 Å². The zero-order valence-corrected chi connectivity index (χ0v) is 10.9. The fourth-order valence-corrected chi connectivity index (χ4v) is 1.80. The van der Waals surface area contributed by atoms with Crippen LogP contribution in [0.15, 0.2) is 18.2 Å². The van der Waals surface area contributed by atoms with Crippen molar-refractivity contribution in [2.75, 3.05) is 7.11 Å². The summed E-state index contributed by atoms with van der Waals surface area (Å²) >= 11 is 5.93. The Labute approximate surface area is 106 Å². The second kappa shape index (κ2) is 6.94. The highest BCUT2D eigenvalue weighted by Crippen LogP contribution is 2.20. The Bertz CT molecular complexity index is 357. The van der Waals surface area contributed by atoms with Crippen LogP contribution in [0.3, 0.4) is 0 Å². The van der Waals surface area contributed by atoms with E-state index in [9.17, 15) is 9.50 Å². The van der Waals surface area contributed by atoms with Crippen LogP contribution in [-0.4, -0.2) is 24.4 Å². The van der Waals surface area contributed by atoms with Gasteiger partial charge in [-0.1, -0.05) is 11.6 Å². The minimum atomic E-state index is -0.521. The largest absolute Gasteiger partial charge is 0.393 e. The minimum absolute atomic E-state index is 0.118. The molecule has 0 saturated carbocycles. The van der Waals surface area contributed by atoms with Crippen molar-refractivity contribution >= 4 is 11.6 Å². The summed E-state index contributed by atoms with van der Waals surface area (Å²) < 4.78 is 18.1. The van der Waals surface area contributed by atoms with E-state index in [2.05, 4.69) is 0 Å². The van der Waals surface area contributed by atoms with Gasteiger partial charge in [0.05, 0.1) is 12.2 Å². The molecule has 1 aromatic carbocycles. The average molecular weight is 261 g/mol. The van der Waals surface area contributed by atoms with Crippen LogP contribution in [0.25, 0.3) is 0 Å². The number of rotatable bonds is 6. The number of hydrogen-bond acceptors (Lipinski definition) is 2. The second-order valence-electron chi connectivity index (χ2n) is 4.22. The van der Waals surface area contributed by atoms with Crippen molar-refractivity contribution < 1.29 is 14.2 Å². The van der Waals surface area contributed by atoms with E-state index in [4.69, 9.17) is 16.3 Å². The third kappa shape index (κ3) is 5.02. The molecule has 1 aromatic rings. The molecule has 0 radical (unpaired) electrons. The summed E-state index contributed by atoms with van der Waals surface area (Å²) in [6.07, 6.45) is 1.35. The number of aliphatic hydroxyl groups is 1. The molecule has 17 heavy (non-hydrogen) atoms. The maximum Gasteiger partial charge on any atom is 0.123 e. The lowest BCUT2D eigenvalue weighted by atomic mass is 10.0. The van der Waals surface area contributed by atoms with Crippen molar-refractivity contribution in [3.8, 4) is 0 Å². The number of hydrogen-bond donors (Lipinski definition) is 1. The van der Waals surface area contributed by atoms with Crippen LogP contribution in [0.2, 0.25) is 5.02 Å². The van der Waals surface area contributed by atoms with Crippen molar-refractivity contribution in [3.05, 3.63) is 34.6 Å². The predicted molar refractivity (Wildman–Crippen MR) is 66.8 cm³/mol. The molecule has 2 nitrogen and oxygen atoms in total. The zero-order chi connectivity index (χ0) is 12.8. The van der Waals surface area contributed by atoms with Crippen LogP contribution < -0.4 is 0 Å². The van der Waals surface area contributed by atoms with E-state index in [0.29, 0.717) is 23.4 Å². The third-order valence-electron chi connectivity index (χ3n) is 2.77. The maximum atomic E-state index is 13.0. The van der Waals surface area contributed by atoms with E-state index in [1.54, 1.807) is 7.11 Å². The van der Waals surface area contributed by atoms with Gasteiger partial charge < -0.3 is 9.84 Å². The molecule has 0 bridgehead atoms. The lowest BCUT2D eigenvalue weighted by Crippen LogP contribution is -2.15. The van der Waals surface area contributed by atoms with E-state index >= 15 is 0 Å². The van der Waals surface area contributed by atoms with Crippen LogP contribution in [0.5, 0.6) is 0 Å². The average Bonchev–Trinajstić information content (AvgIpc) is 2.30. The highest BCUT2D eigenvalue weighted by molar-refractivity contribution is 6.31. The summed E-state index contributed by atoms with van der Waals surface area (Å²) in [7, 11) is 1.64. The molecule has 1 N–H and O–H groups in total. The zero-order valence-electron chi connectivity index (χ0n) is 10.1. The van der Waals surface area contributed by atoms with Gasteiger partial charge >= 0.3 is 0 Å². The molecule has 0 amide bonds. The molecular weight excluding hydrogens is 243 g/mol. The molecule has 0 heterocycles. The summed E-state index contributed by atoms with van der Waals surface area (Å²) in [6.45, 7) is 1.95. The molecular formula is C13H18ClFO2. The lowest BCUT2D eigenvalue weighted by molar-refractivity contribution is 0.0851. The van der Waals surface area contributed by atoms with Gasteiger partial charge in [0, 0.05) is 12.1 Å². The van der Waals surface area contributed by atoms with E-state index in [-0.39, 0.29) is 11.9 Å². The first-order chi connectivity index (χ1) is 8.02. The van der Waals surface area contributed by atoms with Crippen LogP contribution in [0.1, 0.15) is 25.3 Å². The number of benzene rings is 1. The van der Waals surface area contributed by atoms with Crippen LogP contribution in [0, 0.1) is 5.82 Å². The van der Waals surface area contributed by atoms with Gasteiger partial charge in [-0.2, -0.15) is 0 Å². The molecule has 0 saturated heterocycles. The number of halogens is 2. The Morgan fingerprint density at radius 1 is 1.41 bits per heavy atom. The van der Waals surface area contributed by atoms with Crippen molar-refractivity contribution in [2.24, 2.45) is 0 Å². The molecule has 0 aliphatic rings. The molecule has 96 valence electrons. The van der Waals surface area contributed by atoms with E-state index in [0.717, 1.165) is 6.42 Å². The van der Waals surface area contributed by atoms with E-state index < -0.39 is 6.10 Å². The fraction of sp³-hybridized carbons (Fsp3) is 0.538. The third-order valence-corrected chi connectivity index (χ3v) is 3.14. The summed E-state index contributed by atoms with van der Waals surface area (Å²) in [4.78, 5) is 0. The smallest absolute Gasteiger partial charge is 0.123 e. The molecule has 2 atom stereocenters. The summed E-state index contributed by atoms with van der Waals surface area (Å²) in [5, 5.41) is 10.3. The Balaban J connectivity index is 2.50. The first kappa shape index (κ1) is 14.4. The van der Waals surface area contributed by atoms with E-state index in [1.807, 2.05) is 6.92 Å². The SMILES string of the molecule is COC(C)CCC(O)Cc1cc(F)ccc1Cl. The molecule has 0 aliphatic carbocycles. The molecule has 1 rings (SSSR count). The predicted octanol–water partition coefficient (Wildman–Crippen LogP) is 3.20. The Morgan fingerprint density at radius 3 is 2.76 bits per heavy atom. The van der Waals surface area contributed by atoms with Gasteiger partial charge in [0.2, 0.25) is 0 Å². The van der Waals surface area contributed by atoms with Gasteiger partial charge in [0.15, 0.2) is 0 Å². The van der Waals surface area contributed by atoms with Crippen LogP contribution >= 0.6 is 11.6 Å². The molecule has 0 aromatic heterocycles. The standard InChI is InChI=1S/C13H18ClFO2/c1-9(17-2)3-5-12(16)8-10-7-11(15)4-6-13(10)14/h4,6-7,9,12,16H,3,5,8H2,1-2H3. The van der Waals surface area contributed by atoms with Gasteiger partial charge in [-0.15, -0.1) is 0 Å². The summed E-state index contributed by atoms with van der Waals surface area (Å²) in [5.41, 5.74) is 0.643. The van der Waals surface area contributed by atoms with Gasteiger partial charge in [0.25, 0.3) is 0 Å². The fourth-order valence-electron chi connectivity index (χ4n) is 1.60. The van der Waals surface area contributed by atoms with Crippen molar-refractivity contribution in [2.45, 2.75) is 38.4 Å². The highest BCUT2D eigenvalue weighted by atomic mass is 35.5. The van der Waals surface area contributed by atoms with Crippen molar-refractivity contribution in [1.29, 1.82) is 0 Å². The Hall–Kier alpha value is -0.640. The first-order valence-corrected chi connectivity index (χ1v) is 6.05. The normalized spacial score (nSPS) is 14.6. The lowest BCUT2D eigenvalue weighted by Gasteiger charge is -2.14. The quantitative estimate of drug-likeness (QED) is 0.851. The Kier molecular flexibility index (Phi) is 5.89. The number of ether oxygens (including phenoxy) is 1. The maximum absolute atomic E-state index is 13.0. The molecule has 0 fully saturated rings. The second-order valence-corrected chi connectivity index (χ2v) is 4.62. The highest BCUT2D eigenvalue weighted by Gasteiger charge is 2.11. The van der Waals surface area contributed by atoms with Gasteiger partial charge in [-0.05, 0) is 49.9 Å².